The third-order valence-corrected chi connectivity index (χ3v) is 3.75. The quantitative estimate of drug-likeness (QED) is 0.676. The number of aromatic nitrogens is 1. The van der Waals surface area contributed by atoms with E-state index in [1.807, 2.05) is 31.4 Å². The van der Waals surface area contributed by atoms with Crippen molar-refractivity contribution >= 4 is 0 Å². The van der Waals surface area contributed by atoms with Gasteiger partial charge in [-0.25, -0.2) is 0 Å². The summed E-state index contributed by atoms with van der Waals surface area (Å²) in [6.45, 7) is 13.4. The number of hydrogen-bond donors (Lipinski definition) is 0. The molecule has 0 N–H and O–H groups in total. The second-order valence-corrected chi connectivity index (χ2v) is 5.03. The molecule has 0 aliphatic carbocycles. The predicted octanol–water partition coefficient (Wildman–Crippen LogP) is 3.32. The summed E-state index contributed by atoms with van der Waals surface area (Å²) in [4.78, 5) is 12.0. The summed E-state index contributed by atoms with van der Waals surface area (Å²) >= 11 is 0. The van der Waals surface area contributed by atoms with Gasteiger partial charge in [0.15, 0.2) is 0 Å². The van der Waals surface area contributed by atoms with Gasteiger partial charge >= 0.3 is 0 Å². The molecule has 0 saturated heterocycles. The summed E-state index contributed by atoms with van der Waals surface area (Å²) in [6.07, 6.45) is 1.04. The van der Waals surface area contributed by atoms with E-state index in [0.29, 0.717) is 11.8 Å². The van der Waals surface area contributed by atoms with Crippen LogP contribution < -0.4 is 5.56 Å². The fourth-order valence-electron chi connectivity index (χ4n) is 2.46. The molecular formula is C15H25NO. The molecule has 1 aliphatic heterocycles. The monoisotopic (exact) mass is 235 g/mol. The van der Waals surface area contributed by atoms with Crippen molar-refractivity contribution in [3.8, 4) is 0 Å². The molecule has 17 heavy (non-hydrogen) atoms. The van der Waals surface area contributed by atoms with Crippen molar-refractivity contribution < 1.29 is 0 Å². The van der Waals surface area contributed by atoms with Gasteiger partial charge in [0.1, 0.15) is 0 Å². The Labute approximate surface area is 105 Å². The van der Waals surface area contributed by atoms with Crippen molar-refractivity contribution in [2.75, 3.05) is 0 Å². The number of rotatable bonds is 0. The zero-order valence-corrected chi connectivity index (χ0v) is 12.0. The van der Waals surface area contributed by atoms with Crippen molar-refractivity contribution in [3.63, 3.8) is 0 Å². The average molecular weight is 235 g/mol. The molecule has 2 unspecified atom stereocenters. The Morgan fingerprint density at radius 1 is 1.12 bits per heavy atom. The lowest BCUT2D eigenvalue weighted by Crippen LogP contribution is -2.35. The zero-order chi connectivity index (χ0) is 13.2. The Bertz CT molecular complexity index is 445. The Balaban J connectivity index is 0.000000686. The molecule has 2 rings (SSSR count). The van der Waals surface area contributed by atoms with Crippen LogP contribution in [-0.2, 0) is 13.0 Å². The van der Waals surface area contributed by atoms with E-state index < -0.39 is 0 Å². The average Bonchev–Trinajstić information content (AvgIpc) is 2.31. The van der Waals surface area contributed by atoms with Gasteiger partial charge in [-0.15, -0.1) is 0 Å². The van der Waals surface area contributed by atoms with Gasteiger partial charge in [0.05, 0.1) is 0 Å². The van der Waals surface area contributed by atoms with Crippen LogP contribution in [-0.4, -0.2) is 4.57 Å². The fraction of sp³-hybridized carbons (Fsp3) is 0.667. The molecule has 2 nitrogen and oxygen atoms in total. The molecule has 1 aromatic rings. The maximum atomic E-state index is 12.0. The highest BCUT2D eigenvalue weighted by molar-refractivity contribution is 5.26. The minimum absolute atomic E-state index is 0.203. The Morgan fingerprint density at radius 2 is 1.71 bits per heavy atom. The van der Waals surface area contributed by atoms with Gasteiger partial charge in [0.2, 0.25) is 0 Å². The van der Waals surface area contributed by atoms with Gasteiger partial charge in [0.25, 0.3) is 5.56 Å². The highest BCUT2D eigenvalue weighted by atomic mass is 16.1. The van der Waals surface area contributed by atoms with Gasteiger partial charge in [-0.05, 0) is 43.7 Å². The largest absolute Gasteiger partial charge is 0.312 e. The molecule has 0 fully saturated rings. The van der Waals surface area contributed by atoms with Crippen LogP contribution in [0.25, 0.3) is 0 Å². The molecule has 0 aromatic carbocycles. The number of fused-ring (bicyclic) bond motifs is 1. The highest BCUT2D eigenvalue weighted by Gasteiger charge is 2.24. The van der Waals surface area contributed by atoms with Gasteiger partial charge in [-0.2, -0.15) is 0 Å². The molecular weight excluding hydrogens is 210 g/mol. The third kappa shape index (κ3) is 2.62. The van der Waals surface area contributed by atoms with E-state index in [4.69, 9.17) is 0 Å². The molecule has 0 spiro atoms. The van der Waals surface area contributed by atoms with Crippen LogP contribution >= 0.6 is 0 Å². The molecule has 1 aliphatic rings. The molecule has 2 atom stereocenters. The maximum absolute atomic E-state index is 12.0. The van der Waals surface area contributed by atoms with Gasteiger partial charge in [-0.3, -0.25) is 4.79 Å². The van der Waals surface area contributed by atoms with Crippen LogP contribution in [0.15, 0.2) is 10.9 Å². The number of nitrogens with zero attached hydrogens (tertiary/aromatic N) is 1. The standard InChI is InChI=1S/C13H19NO.C2H6/c1-8-6-12-9(2)5-10(3)13(15)14(12)7-11(8)4;1-2/h5,8,11H,6-7H2,1-4H3;1-2H3. The normalized spacial score (nSPS) is 22.5. The molecule has 1 aromatic heterocycles. The van der Waals surface area contributed by atoms with E-state index >= 15 is 0 Å². The third-order valence-electron chi connectivity index (χ3n) is 3.75. The second kappa shape index (κ2) is 5.52. The van der Waals surface area contributed by atoms with E-state index in [-0.39, 0.29) is 5.56 Å². The molecule has 0 saturated carbocycles. The Kier molecular flexibility index (Phi) is 4.55. The molecule has 2 heterocycles. The SMILES string of the molecule is CC.Cc1cc(C)c(=O)n2c1CC(C)C(C)C2. The van der Waals surface area contributed by atoms with Crippen molar-refractivity contribution in [2.24, 2.45) is 11.8 Å². The van der Waals surface area contributed by atoms with E-state index in [9.17, 15) is 4.79 Å². The number of hydrogen-bond acceptors (Lipinski definition) is 1. The van der Waals surface area contributed by atoms with Crippen LogP contribution in [0.4, 0.5) is 0 Å². The first kappa shape index (κ1) is 14.0. The number of pyridine rings is 1. The number of aryl methyl sites for hydroxylation is 2. The van der Waals surface area contributed by atoms with E-state index in [2.05, 4.69) is 20.8 Å². The van der Waals surface area contributed by atoms with Crippen LogP contribution in [0.3, 0.4) is 0 Å². The first-order chi connectivity index (χ1) is 8.00. The zero-order valence-electron chi connectivity index (χ0n) is 12.0. The topological polar surface area (TPSA) is 22.0 Å². The Hall–Kier alpha value is -1.05. The lowest BCUT2D eigenvalue weighted by molar-refractivity contribution is 0.287. The summed E-state index contributed by atoms with van der Waals surface area (Å²) in [5.41, 5.74) is 3.59. The predicted molar refractivity (Wildman–Crippen MR) is 73.6 cm³/mol. The molecule has 0 radical (unpaired) electrons. The summed E-state index contributed by atoms with van der Waals surface area (Å²) in [7, 11) is 0. The molecule has 0 bridgehead atoms. The molecule has 96 valence electrons. The first-order valence-corrected chi connectivity index (χ1v) is 6.70. The highest BCUT2D eigenvalue weighted by Crippen LogP contribution is 2.25. The summed E-state index contributed by atoms with van der Waals surface area (Å²) in [6, 6.07) is 2.02. The summed E-state index contributed by atoms with van der Waals surface area (Å²) in [5.74, 6) is 1.29. The lowest BCUT2D eigenvalue weighted by atomic mass is 9.86. The van der Waals surface area contributed by atoms with Crippen LogP contribution in [0.5, 0.6) is 0 Å². The van der Waals surface area contributed by atoms with E-state index in [1.165, 1.54) is 11.3 Å². The first-order valence-electron chi connectivity index (χ1n) is 6.70. The lowest BCUT2D eigenvalue weighted by Gasteiger charge is -2.30. The summed E-state index contributed by atoms with van der Waals surface area (Å²) < 4.78 is 1.98. The van der Waals surface area contributed by atoms with Crippen LogP contribution in [0, 0.1) is 25.7 Å². The van der Waals surface area contributed by atoms with Crippen molar-refractivity contribution in [3.05, 3.63) is 33.2 Å². The molecule has 2 heteroatoms. The second-order valence-electron chi connectivity index (χ2n) is 5.03. The summed E-state index contributed by atoms with van der Waals surface area (Å²) in [5, 5.41) is 0. The fourth-order valence-corrected chi connectivity index (χ4v) is 2.46. The van der Waals surface area contributed by atoms with Gasteiger partial charge in [-0.1, -0.05) is 27.7 Å². The van der Waals surface area contributed by atoms with Gasteiger partial charge < -0.3 is 4.57 Å². The van der Waals surface area contributed by atoms with Crippen LogP contribution in [0.2, 0.25) is 0 Å². The van der Waals surface area contributed by atoms with Crippen LogP contribution in [0.1, 0.15) is 44.5 Å². The maximum Gasteiger partial charge on any atom is 0.253 e. The smallest absolute Gasteiger partial charge is 0.253 e. The Morgan fingerprint density at radius 3 is 2.29 bits per heavy atom. The van der Waals surface area contributed by atoms with Crippen molar-refractivity contribution in [1.29, 1.82) is 0 Å². The van der Waals surface area contributed by atoms with Crippen molar-refractivity contribution in [2.45, 2.75) is 54.5 Å². The minimum atomic E-state index is 0.203. The van der Waals surface area contributed by atoms with E-state index in [0.717, 1.165) is 18.5 Å². The van der Waals surface area contributed by atoms with Crippen molar-refractivity contribution in [1.82, 2.24) is 4.57 Å². The van der Waals surface area contributed by atoms with E-state index in [1.54, 1.807) is 0 Å². The van der Waals surface area contributed by atoms with Gasteiger partial charge in [0, 0.05) is 17.8 Å². The molecule has 0 amide bonds. The minimum Gasteiger partial charge on any atom is -0.312 e.